The Morgan fingerprint density at radius 3 is 1.51 bits per heavy atom. The number of rotatable bonds is 4. The Bertz CT molecular complexity index is 2840. The summed E-state index contributed by atoms with van der Waals surface area (Å²) in [6, 6.07) is 58.8. The van der Waals surface area contributed by atoms with Gasteiger partial charge in [0.25, 0.3) is 5.56 Å². The molecule has 10 rings (SSSR count). The molecule has 0 amide bonds. The van der Waals surface area contributed by atoms with Crippen molar-refractivity contribution < 1.29 is 0 Å². The van der Waals surface area contributed by atoms with Crippen molar-refractivity contribution in [1.82, 2.24) is 18.5 Å². The van der Waals surface area contributed by atoms with E-state index < -0.39 is 0 Å². The third kappa shape index (κ3) is 4.19. The summed E-state index contributed by atoms with van der Waals surface area (Å²) >= 11 is 0. The highest BCUT2D eigenvalue weighted by molar-refractivity contribution is 6.11. The van der Waals surface area contributed by atoms with Crippen molar-refractivity contribution in [2.45, 2.75) is 0 Å². The molecule has 0 unspecified atom stereocenters. The van der Waals surface area contributed by atoms with Gasteiger partial charge >= 0.3 is 0 Å². The first-order chi connectivity index (χ1) is 24.2. The molecule has 5 nitrogen and oxygen atoms in total. The van der Waals surface area contributed by atoms with Crippen molar-refractivity contribution in [3.05, 3.63) is 180 Å². The van der Waals surface area contributed by atoms with Crippen LogP contribution in [0.2, 0.25) is 0 Å². The van der Waals surface area contributed by atoms with Gasteiger partial charge in [0.15, 0.2) is 0 Å². The largest absolute Gasteiger partial charge is 0.309 e. The average molecular weight is 629 g/mol. The Kier molecular flexibility index (Phi) is 5.96. The van der Waals surface area contributed by atoms with Gasteiger partial charge in [-0.25, -0.2) is 9.38 Å². The molecule has 49 heavy (non-hydrogen) atoms. The number of fused-ring (bicyclic) bond motifs is 7. The Morgan fingerprint density at radius 2 is 0.898 bits per heavy atom. The number of benzene rings is 7. The van der Waals surface area contributed by atoms with Crippen LogP contribution in [0.4, 0.5) is 0 Å². The minimum atomic E-state index is -0.0674. The van der Waals surface area contributed by atoms with Crippen molar-refractivity contribution in [2.75, 3.05) is 0 Å². The molecule has 0 N–H and O–H groups in total. The summed E-state index contributed by atoms with van der Waals surface area (Å²) in [4.78, 5) is 18.7. The average Bonchev–Trinajstić information content (AvgIpc) is 3.68. The Balaban J connectivity index is 1.18. The smallest absolute Gasteiger partial charge is 0.267 e. The van der Waals surface area contributed by atoms with E-state index in [-0.39, 0.29) is 5.56 Å². The van der Waals surface area contributed by atoms with Gasteiger partial charge in [0.05, 0.1) is 33.0 Å². The third-order valence-electron chi connectivity index (χ3n) is 9.67. The standard InChI is InChI=1S/C44H28N4O/c49-43-35-15-7-8-16-38(35)45-44-47(41-17-9-10-18-42(41)48(43)44)34-23-21-33(22-24-34)46-39-25-19-31(29-11-3-1-4-12-29)27-36(39)37-28-32(20-26-40(37)46)30-13-5-2-6-14-30/h1-28H. The highest BCUT2D eigenvalue weighted by Crippen LogP contribution is 2.37. The van der Waals surface area contributed by atoms with Crippen LogP contribution in [0.25, 0.3) is 83.1 Å². The fourth-order valence-electron chi connectivity index (χ4n) is 7.37. The molecule has 0 aliphatic carbocycles. The van der Waals surface area contributed by atoms with Crippen LogP contribution in [0, 0.1) is 0 Å². The van der Waals surface area contributed by atoms with Gasteiger partial charge in [-0.3, -0.25) is 9.36 Å². The van der Waals surface area contributed by atoms with Crippen molar-refractivity contribution >= 4 is 49.5 Å². The van der Waals surface area contributed by atoms with E-state index in [1.54, 1.807) is 4.40 Å². The quantitative estimate of drug-likeness (QED) is 0.195. The minimum absolute atomic E-state index is 0.0674. The van der Waals surface area contributed by atoms with E-state index in [4.69, 9.17) is 4.98 Å². The number of aromatic nitrogens is 4. The monoisotopic (exact) mass is 628 g/mol. The lowest BCUT2D eigenvalue weighted by Gasteiger charge is -2.11. The number of hydrogen-bond acceptors (Lipinski definition) is 2. The normalized spacial score (nSPS) is 11.8. The van der Waals surface area contributed by atoms with Crippen LogP contribution >= 0.6 is 0 Å². The van der Waals surface area contributed by atoms with Crippen molar-refractivity contribution in [3.63, 3.8) is 0 Å². The zero-order chi connectivity index (χ0) is 32.5. The molecule has 0 fully saturated rings. The molecule has 0 aliphatic rings. The zero-order valence-electron chi connectivity index (χ0n) is 26.4. The van der Waals surface area contributed by atoms with Crippen molar-refractivity contribution in [1.29, 1.82) is 0 Å². The van der Waals surface area contributed by atoms with Gasteiger partial charge in [-0.05, 0) is 95.1 Å². The maximum absolute atomic E-state index is 13.7. The molecule has 10 aromatic rings. The van der Waals surface area contributed by atoms with E-state index in [1.807, 2.05) is 48.5 Å². The van der Waals surface area contributed by atoms with Crippen LogP contribution in [-0.2, 0) is 0 Å². The lowest BCUT2D eigenvalue weighted by molar-refractivity contribution is 1.04. The minimum Gasteiger partial charge on any atom is -0.309 e. The Morgan fingerprint density at radius 1 is 0.388 bits per heavy atom. The summed E-state index contributed by atoms with van der Waals surface area (Å²) in [7, 11) is 0. The molecule has 0 spiro atoms. The number of hydrogen-bond donors (Lipinski definition) is 0. The van der Waals surface area contributed by atoms with Crippen LogP contribution in [-0.4, -0.2) is 18.5 Å². The lowest BCUT2D eigenvalue weighted by atomic mass is 10.0. The van der Waals surface area contributed by atoms with Gasteiger partial charge in [-0.15, -0.1) is 0 Å². The third-order valence-corrected chi connectivity index (χ3v) is 9.67. The fraction of sp³-hybridized carbons (Fsp3) is 0. The van der Waals surface area contributed by atoms with Gasteiger partial charge in [0.1, 0.15) is 0 Å². The molecule has 0 saturated heterocycles. The highest BCUT2D eigenvalue weighted by atomic mass is 16.1. The maximum Gasteiger partial charge on any atom is 0.267 e. The van der Waals surface area contributed by atoms with Crippen LogP contribution in [0.15, 0.2) is 175 Å². The maximum atomic E-state index is 13.7. The summed E-state index contributed by atoms with van der Waals surface area (Å²) in [5, 5.41) is 3.02. The van der Waals surface area contributed by atoms with E-state index in [0.29, 0.717) is 16.7 Å². The van der Waals surface area contributed by atoms with Crippen LogP contribution in [0.5, 0.6) is 0 Å². The van der Waals surface area contributed by atoms with Crippen molar-refractivity contribution in [3.8, 4) is 33.6 Å². The number of imidazole rings is 1. The summed E-state index contributed by atoms with van der Waals surface area (Å²) < 4.78 is 6.16. The van der Waals surface area contributed by atoms with E-state index in [0.717, 1.165) is 33.4 Å². The zero-order valence-corrected chi connectivity index (χ0v) is 26.4. The summed E-state index contributed by atoms with van der Waals surface area (Å²) in [6.07, 6.45) is 0. The van der Waals surface area contributed by atoms with Crippen LogP contribution < -0.4 is 5.56 Å². The number of nitrogens with zero attached hydrogens (tertiary/aromatic N) is 4. The first-order valence-electron chi connectivity index (χ1n) is 16.4. The van der Waals surface area contributed by atoms with Gasteiger partial charge in [-0.2, -0.15) is 0 Å². The molecule has 7 aromatic carbocycles. The molecule has 0 bridgehead atoms. The molecular weight excluding hydrogens is 601 g/mol. The Labute approximate surface area is 281 Å². The highest BCUT2D eigenvalue weighted by Gasteiger charge is 2.18. The first kappa shape index (κ1) is 27.4. The molecule has 5 heteroatoms. The molecular formula is C44H28N4O. The molecule has 3 heterocycles. The van der Waals surface area contributed by atoms with Gasteiger partial charge in [-0.1, -0.05) is 97.1 Å². The second-order valence-corrected chi connectivity index (χ2v) is 12.4. The molecule has 230 valence electrons. The predicted octanol–water partition coefficient (Wildman–Crippen LogP) is 10.2. The van der Waals surface area contributed by atoms with Gasteiger partial charge in [0, 0.05) is 22.1 Å². The van der Waals surface area contributed by atoms with Crippen LogP contribution in [0.1, 0.15) is 0 Å². The first-order valence-corrected chi connectivity index (χ1v) is 16.4. The van der Waals surface area contributed by atoms with E-state index >= 15 is 0 Å². The topological polar surface area (TPSA) is 44.2 Å². The molecule has 0 aliphatic heterocycles. The summed E-state index contributed by atoms with van der Waals surface area (Å²) in [5.74, 6) is 0.594. The predicted molar refractivity (Wildman–Crippen MR) is 201 cm³/mol. The number of para-hydroxylation sites is 3. The van der Waals surface area contributed by atoms with Gasteiger partial charge < -0.3 is 4.57 Å². The molecule has 0 saturated carbocycles. The summed E-state index contributed by atoms with van der Waals surface area (Å²) in [6.45, 7) is 0. The molecule has 0 atom stereocenters. The lowest BCUT2D eigenvalue weighted by Crippen LogP contribution is -2.15. The Hall–Kier alpha value is -6.72. The van der Waals surface area contributed by atoms with Crippen LogP contribution in [0.3, 0.4) is 0 Å². The van der Waals surface area contributed by atoms with Crippen molar-refractivity contribution in [2.24, 2.45) is 0 Å². The van der Waals surface area contributed by atoms with E-state index in [1.165, 1.54) is 33.0 Å². The SMILES string of the molecule is O=c1c2ccccc2nc2n(-c3ccc(-n4c5ccc(-c6ccccc6)cc5c5cc(-c6ccccc6)ccc54)cc3)c3ccccc3n12. The van der Waals surface area contributed by atoms with Gasteiger partial charge in [0.2, 0.25) is 5.78 Å². The second-order valence-electron chi connectivity index (χ2n) is 12.4. The van der Waals surface area contributed by atoms with E-state index in [2.05, 4.69) is 130 Å². The molecule has 3 aromatic heterocycles. The molecule has 0 radical (unpaired) electrons. The second kappa shape index (κ2) is 10.7. The van der Waals surface area contributed by atoms with E-state index in [9.17, 15) is 4.79 Å². The summed E-state index contributed by atoms with van der Waals surface area (Å²) in [5.41, 5.74) is 11.4. The fourth-order valence-corrected chi connectivity index (χ4v) is 7.37.